The van der Waals surface area contributed by atoms with Crippen molar-refractivity contribution in [2.45, 2.75) is 48.0 Å². The summed E-state index contributed by atoms with van der Waals surface area (Å²) in [6.45, 7) is 0.868. The van der Waals surface area contributed by atoms with Gasteiger partial charge in [-0.1, -0.05) is 0 Å². The lowest BCUT2D eigenvalue weighted by Crippen LogP contribution is -2.26. The molecule has 1 heterocycles. The molecular weight excluding hydrogens is 368 g/mol. The van der Waals surface area contributed by atoms with Gasteiger partial charge in [0, 0.05) is 30.4 Å². The van der Waals surface area contributed by atoms with Gasteiger partial charge in [0.1, 0.15) is 18.0 Å². The molecule has 1 aromatic rings. The van der Waals surface area contributed by atoms with E-state index >= 15 is 0 Å². The SMILES string of the molecule is O=S(=O)(c1ccc(OC2CCOCC2)c2c1[C@H](O)C(F)(F)C2)C(F)F. The summed E-state index contributed by atoms with van der Waals surface area (Å²) in [5.74, 6) is -7.46. The van der Waals surface area contributed by atoms with Crippen LogP contribution in [0.3, 0.4) is 0 Å². The number of aliphatic hydroxyl groups is 1. The Morgan fingerprint density at radius 3 is 2.48 bits per heavy atom. The molecule has 5 nitrogen and oxygen atoms in total. The summed E-state index contributed by atoms with van der Waals surface area (Å²) in [5.41, 5.74) is -0.944. The van der Waals surface area contributed by atoms with Gasteiger partial charge in [0.2, 0.25) is 9.84 Å². The molecule has 0 saturated carbocycles. The highest BCUT2D eigenvalue weighted by atomic mass is 32.2. The maximum atomic E-state index is 14.0. The van der Waals surface area contributed by atoms with Gasteiger partial charge in [-0.2, -0.15) is 8.78 Å². The molecule has 10 heteroatoms. The molecular formula is C15H16F4O5S. The van der Waals surface area contributed by atoms with Crippen molar-refractivity contribution in [3.63, 3.8) is 0 Å². The smallest absolute Gasteiger partial charge is 0.341 e. The Hall–Kier alpha value is -1.39. The van der Waals surface area contributed by atoms with E-state index in [0.29, 0.717) is 26.1 Å². The third-order valence-electron chi connectivity index (χ3n) is 4.36. The fourth-order valence-electron chi connectivity index (χ4n) is 3.08. The highest BCUT2D eigenvalue weighted by Gasteiger charge is 2.51. The predicted octanol–water partition coefficient (Wildman–Crippen LogP) is 2.47. The van der Waals surface area contributed by atoms with Crippen molar-refractivity contribution >= 4 is 9.84 Å². The molecule has 0 amide bonds. The van der Waals surface area contributed by atoms with E-state index in [4.69, 9.17) is 9.47 Å². The Morgan fingerprint density at radius 1 is 1.24 bits per heavy atom. The lowest BCUT2D eigenvalue weighted by atomic mass is 10.1. The Kier molecular flexibility index (Phi) is 4.71. The summed E-state index contributed by atoms with van der Waals surface area (Å²) in [5, 5.41) is 9.83. The van der Waals surface area contributed by atoms with Gasteiger partial charge in [-0.15, -0.1) is 0 Å². The summed E-state index contributed by atoms with van der Waals surface area (Å²) in [7, 11) is -5.14. The van der Waals surface area contributed by atoms with Crippen LogP contribution in [0.5, 0.6) is 5.75 Å². The number of hydrogen-bond donors (Lipinski definition) is 1. The highest BCUT2D eigenvalue weighted by molar-refractivity contribution is 7.91. The van der Waals surface area contributed by atoms with Crippen LogP contribution in [0.25, 0.3) is 0 Å². The van der Waals surface area contributed by atoms with Crippen LogP contribution < -0.4 is 4.74 Å². The Balaban J connectivity index is 2.07. The van der Waals surface area contributed by atoms with Gasteiger partial charge in [-0.05, 0) is 12.1 Å². The van der Waals surface area contributed by atoms with Crippen LogP contribution in [-0.2, 0) is 21.0 Å². The molecule has 0 unspecified atom stereocenters. The van der Waals surface area contributed by atoms with E-state index < -0.39 is 44.5 Å². The lowest BCUT2D eigenvalue weighted by molar-refractivity contribution is -0.0977. The fourth-order valence-corrected chi connectivity index (χ4v) is 4.07. The summed E-state index contributed by atoms with van der Waals surface area (Å²) >= 11 is 0. The van der Waals surface area contributed by atoms with Gasteiger partial charge in [0.05, 0.1) is 18.1 Å². The largest absolute Gasteiger partial charge is 0.490 e. The normalized spacial score (nSPS) is 23.7. The topological polar surface area (TPSA) is 72.8 Å². The van der Waals surface area contributed by atoms with E-state index in [9.17, 15) is 31.1 Å². The third-order valence-corrected chi connectivity index (χ3v) is 5.80. The molecule has 1 atom stereocenters. The van der Waals surface area contributed by atoms with Crippen molar-refractivity contribution in [3.05, 3.63) is 23.3 Å². The van der Waals surface area contributed by atoms with E-state index in [1.807, 2.05) is 0 Å². The third kappa shape index (κ3) is 3.22. The van der Waals surface area contributed by atoms with Crippen molar-refractivity contribution in [2.75, 3.05) is 13.2 Å². The van der Waals surface area contributed by atoms with Crippen molar-refractivity contribution in [1.29, 1.82) is 0 Å². The monoisotopic (exact) mass is 384 g/mol. The maximum absolute atomic E-state index is 14.0. The molecule has 3 rings (SSSR count). The Morgan fingerprint density at radius 2 is 1.88 bits per heavy atom. The van der Waals surface area contributed by atoms with Gasteiger partial charge >= 0.3 is 5.76 Å². The van der Waals surface area contributed by atoms with E-state index in [2.05, 4.69) is 0 Å². The number of ether oxygens (including phenoxy) is 2. The minimum absolute atomic E-state index is 0.0219. The number of alkyl halides is 4. The van der Waals surface area contributed by atoms with Gasteiger partial charge < -0.3 is 14.6 Å². The molecule has 25 heavy (non-hydrogen) atoms. The summed E-state index contributed by atoms with van der Waals surface area (Å²) in [6, 6.07) is 1.89. The van der Waals surface area contributed by atoms with Crippen LogP contribution in [0.4, 0.5) is 17.6 Å². The maximum Gasteiger partial charge on any atom is 0.341 e. The molecule has 0 aromatic heterocycles. The molecule has 1 aromatic carbocycles. The molecule has 2 aliphatic rings. The minimum atomic E-state index is -5.14. The average Bonchev–Trinajstić information content (AvgIpc) is 2.79. The number of aliphatic hydroxyl groups excluding tert-OH is 1. The number of rotatable bonds is 4. The standard InChI is InChI=1S/C15H16F4O5S/c16-14(17)25(21,22)11-2-1-10(24-8-3-5-23-6-4-8)9-7-15(18,19)13(20)12(9)11/h1-2,8,13-14,20H,3-7H2/t13-/m0/s1. The molecule has 1 aliphatic heterocycles. The van der Waals surface area contributed by atoms with E-state index in [1.54, 1.807) is 0 Å². The van der Waals surface area contributed by atoms with Gasteiger partial charge in [0.25, 0.3) is 5.92 Å². The summed E-state index contributed by atoms with van der Waals surface area (Å²) < 4.78 is 88.0. The van der Waals surface area contributed by atoms with Crippen molar-refractivity contribution in [1.82, 2.24) is 0 Å². The zero-order valence-corrected chi connectivity index (χ0v) is 13.7. The summed E-state index contributed by atoms with van der Waals surface area (Å²) in [4.78, 5) is -0.985. The van der Waals surface area contributed by atoms with Crippen LogP contribution >= 0.6 is 0 Å². The zero-order chi connectivity index (χ0) is 18.4. The summed E-state index contributed by atoms with van der Waals surface area (Å²) in [6.07, 6.45) is -2.74. The van der Waals surface area contributed by atoms with Crippen molar-refractivity contribution in [3.8, 4) is 5.75 Å². The second-order valence-electron chi connectivity index (χ2n) is 6.03. The zero-order valence-electron chi connectivity index (χ0n) is 12.9. The van der Waals surface area contributed by atoms with E-state index in [0.717, 1.165) is 12.1 Å². The predicted molar refractivity (Wildman–Crippen MR) is 77.7 cm³/mol. The number of benzene rings is 1. The molecule has 0 bridgehead atoms. The first-order valence-corrected chi connectivity index (χ1v) is 9.17. The Bertz CT molecular complexity index is 759. The van der Waals surface area contributed by atoms with E-state index in [-0.39, 0.29) is 17.4 Å². The minimum Gasteiger partial charge on any atom is -0.490 e. The number of hydrogen-bond acceptors (Lipinski definition) is 5. The highest BCUT2D eigenvalue weighted by Crippen LogP contribution is 2.49. The second kappa shape index (κ2) is 6.40. The molecule has 1 saturated heterocycles. The fraction of sp³-hybridized carbons (Fsp3) is 0.600. The molecule has 0 spiro atoms. The second-order valence-corrected chi connectivity index (χ2v) is 7.92. The van der Waals surface area contributed by atoms with Crippen LogP contribution in [0.1, 0.15) is 30.1 Å². The quantitative estimate of drug-likeness (QED) is 0.808. The Labute approximate surface area is 141 Å². The van der Waals surface area contributed by atoms with E-state index in [1.165, 1.54) is 0 Å². The van der Waals surface area contributed by atoms with Crippen LogP contribution in [-0.4, -0.2) is 44.5 Å². The first-order valence-electron chi connectivity index (χ1n) is 7.62. The van der Waals surface area contributed by atoms with Gasteiger partial charge in [-0.3, -0.25) is 0 Å². The van der Waals surface area contributed by atoms with Gasteiger partial charge in [0.15, 0.2) is 0 Å². The molecule has 140 valence electrons. The van der Waals surface area contributed by atoms with Gasteiger partial charge in [-0.25, -0.2) is 17.2 Å². The molecule has 1 N–H and O–H groups in total. The first kappa shape index (κ1) is 18.4. The number of fused-ring (bicyclic) bond motifs is 1. The number of halogens is 4. The number of sulfone groups is 1. The first-order chi connectivity index (χ1) is 11.6. The van der Waals surface area contributed by atoms with Crippen molar-refractivity contribution < 1.29 is 40.6 Å². The van der Waals surface area contributed by atoms with Crippen LogP contribution in [0, 0.1) is 0 Å². The average molecular weight is 384 g/mol. The lowest BCUT2D eigenvalue weighted by Gasteiger charge is -2.25. The molecule has 1 aliphatic carbocycles. The molecule has 1 fully saturated rings. The van der Waals surface area contributed by atoms with Crippen LogP contribution in [0.2, 0.25) is 0 Å². The van der Waals surface area contributed by atoms with Crippen molar-refractivity contribution in [2.24, 2.45) is 0 Å². The van der Waals surface area contributed by atoms with Crippen LogP contribution in [0.15, 0.2) is 17.0 Å². The molecule has 0 radical (unpaired) electrons.